The lowest BCUT2D eigenvalue weighted by Gasteiger charge is -2.41. The van der Waals surface area contributed by atoms with Crippen LogP contribution in [0.1, 0.15) is 12.5 Å². The van der Waals surface area contributed by atoms with Crippen LogP contribution in [0.5, 0.6) is 0 Å². The second-order valence-electron chi connectivity index (χ2n) is 6.13. The summed E-state index contributed by atoms with van der Waals surface area (Å²) in [6.07, 6.45) is 15.8. The van der Waals surface area contributed by atoms with Gasteiger partial charge < -0.3 is 5.32 Å². The van der Waals surface area contributed by atoms with Gasteiger partial charge in [0.25, 0.3) is 0 Å². The third-order valence-electron chi connectivity index (χ3n) is 4.67. The summed E-state index contributed by atoms with van der Waals surface area (Å²) < 4.78 is 0. The summed E-state index contributed by atoms with van der Waals surface area (Å²) in [5.41, 5.74) is 4.69. The smallest absolute Gasteiger partial charge is 0.0845 e. The maximum absolute atomic E-state index is 4.45. The summed E-state index contributed by atoms with van der Waals surface area (Å²) in [7, 11) is 0. The van der Waals surface area contributed by atoms with Gasteiger partial charge in [-0.15, -0.1) is 0 Å². The molecule has 132 valence electrons. The van der Waals surface area contributed by atoms with E-state index >= 15 is 0 Å². The minimum atomic E-state index is -0.578. The Bertz CT molecular complexity index is 815. The first-order valence-electron chi connectivity index (χ1n) is 8.74. The lowest BCUT2D eigenvalue weighted by Crippen LogP contribution is -2.40. The molecule has 0 amide bonds. The highest BCUT2D eigenvalue weighted by atomic mass is 14.9. The van der Waals surface area contributed by atoms with Gasteiger partial charge in [0.1, 0.15) is 0 Å². The van der Waals surface area contributed by atoms with Crippen LogP contribution in [-0.4, -0.2) is 6.54 Å². The summed E-state index contributed by atoms with van der Waals surface area (Å²) in [5.74, 6) is 0. The lowest BCUT2D eigenvalue weighted by atomic mass is 9.64. The van der Waals surface area contributed by atoms with Crippen LogP contribution in [0.2, 0.25) is 0 Å². The van der Waals surface area contributed by atoms with Crippen LogP contribution in [0, 0.1) is 0 Å². The highest BCUT2D eigenvalue weighted by Gasteiger charge is 2.41. The molecule has 1 N–H and O–H groups in total. The monoisotopic (exact) mass is 341 g/mol. The molecule has 1 nitrogen and oxygen atoms in total. The van der Waals surface area contributed by atoms with Crippen molar-refractivity contribution in [2.75, 3.05) is 6.54 Å². The Labute approximate surface area is 157 Å². The van der Waals surface area contributed by atoms with Crippen LogP contribution in [0.15, 0.2) is 128 Å². The van der Waals surface area contributed by atoms with Crippen molar-refractivity contribution in [2.24, 2.45) is 0 Å². The molecule has 0 fully saturated rings. The molecule has 26 heavy (non-hydrogen) atoms. The third-order valence-corrected chi connectivity index (χ3v) is 4.67. The fraction of sp³-hybridized carbons (Fsp3) is 0.120. The molecule has 1 heteroatoms. The Kier molecular flexibility index (Phi) is 6.57. The predicted molar refractivity (Wildman–Crippen MR) is 115 cm³/mol. The van der Waals surface area contributed by atoms with E-state index in [0.29, 0.717) is 0 Å². The average molecular weight is 341 g/mol. The van der Waals surface area contributed by atoms with Crippen molar-refractivity contribution < 1.29 is 0 Å². The quantitative estimate of drug-likeness (QED) is 0.576. The van der Waals surface area contributed by atoms with Crippen molar-refractivity contribution >= 4 is 0 Å². The average Bonchev–Trinajstić information content (AvgIpc) is 2.70. The normalized spacial score (nSPS) is 16.7. The zero-order valence-corrected chi connectivity index (χ0v) is 15.5. The van der Waals surface area contributed by atoms with Gasteiger partial charge in [0.05, 0.1) is 5.41 Å². The molecule has 1 aromatic rings. The molecule has 0 saturated heterocycles. The molecule has 1 aromatic carbocycles. The maximum atomic E-state index is 4.45. The van der Waals surface area contributed by atoms with E-state index in [1.54, 1.807) is 6.08 Å². The Balaban J connectivity index is 2.94. The molecule has 0 radical (unpaired) electrons. The van der Waals surface area contributed by atoms with E-state index < -0.39 is 5.41 Å². The molecule has 0 aromatic heterocycles. The Morgan fingerprint density at radius 2 is 1.85 bits per heavy atom. The molecule has 0 saturated carbocycles. The van der Waals surface area contributed by atoms with Gasteiger partial charge in [0, 0.05) is 12.2 Å². The van der Waals surface area contributed by atoms with Gasteiger partial charge in [-0.05, 0) is 35.3 Å². The van der Waals surface area contributed by atoms with E-state index in [0.717, 1.165) is 34.5 Å². The summed E-state index contributed by atoms with van der Waals surface area (Å²) in [5, 5.41) is 3.55. The van der Waals surface area contributed by atoms with Crippen molar-refractivity contribution in [1.29, 1.82) is 0 Å². The molecule has 0 aliphatic carbocycles. The fourth-order valence-electron chi connectivity index (χ4n) is 3.42. The van der Waals surface area contributed by atoms with Gasteiger partial charge in [0.2, 0.25) is 0 Å². The van der Waals surface area contributed by atoms with E-state index in [2.05, 4.69) is 81.0 Å². The molecule has 1 heterocycles. The number of allylic oxidation sites excluding steroid dienone is 9. The number of dihydropyridines is 1. The predicted octanol–water partition coefficient (Wildman–Crippen LogP) is 5.95. The number of rotatable bonds is 8. The number of hydrogen-bond acceptors (Lipinski definition) is 1. The second kappa shape index (κ2) is 8.87. The van der Waals surface area contributed by atoms with Crippen molar-refractivity contribution in [1.82, 2.24) is 5.32 Å². The standard InChI is InChI=1S/C25H27N/c1-6-9-15-21(5)25(22-16-11-10-12-17-22,23(8-3)20(4)7-2)24-18-13-14-19-26-24/h6-18,26H,1-3,5,19H2,4H3/b15-9-,23-20+. The summed E-state index contributed by atoms with van der Waals surface area (Å²) >= 11 is 0. The van der Waals surface area contributed by atoms with Crippen molar-refractivity contribution in [2.45, 2.75) is 12.3 Å². The molecular weight excluding hydrogens is 314 g/mol. The number of benzene rings is 1. The second-order valence-corrected chi connectivity index (χ2v) is 6.13. The molecule has 2 rings (SSSR count). The zero-order chi connectivity index (χ0) is 19.0. The minimum absolute atomic E-state index is 0.578. The van der Waals surface area contributed by atoms with Crippen LogP contribution < -0.4 is 5.32 Å². The first-order chi connectivity index (χ1) is 12.6. The van der Waals surface area contributed by atoms with E-state index in [4.69, 9.17) is 0 Å². The number of hydrogen-bond donors (Lipinski definition) is 1. The summed E-state index contributed by atoms with van der Waals surface area (Å²) in [6.45, 7) is 19.2. The first kappa shape index (κ1) is 19.3. The molecule has 0 bridgehead atoms. The van der Waals surface area contributed by atoms with E-state index in [9.17, 15) is 0 Å². The van der Waals surface area contributed by atoms with Gasteiger partial charge in [-0.25, -0.2) is 0 Å². The van der Waals surface area contributed by atoms with E-state index in [-0.39, 0.29) is 0 Å². The summed E-state index contributed by atoms with van der Waals surface area (Å²) in [6, 6.07) is 10.4. The van der Waals surface area contributed by atoms with Crippen LogP contribution >= 0.6 is 0 Å². The molecule has 1 unspecified atom stereocenters. The van der Waals surface area contributed by atoms with Crippen LogP contribution in [-0.2, 0) is 5.41 Å². The minimum Gasteiger partial charge on any atom is -0.384 e. The molecule has 0 spiro atoms. The Morgan fingerprint density at radius 3 is 2.38 bits per heavy atom. The van der Waals surface area contributed by atoms with Crippen molar-refractivity contribution in [3.8, 4) is 0 Å². The zero-order valence-electron chi connectivity index (χ0n) is 15.5. The Hall–Kier alpha value is -3.06. The lowest BCUT2D eigenvalue weighted by molar-refractivity contribution is 0.643. The summed E-state index contributed by atoms with van der Waals surface area (Å²) in [4.78, 5) is 0. The molecule has 1 aliphatic rings. The SMILES string of the molecule is C=C/C=C\C(=C)C(C1=CC=CCN1)(/C(C=C)=C(\C)C=C)c1ccccc1. The first-order valence-corrected chi connectivity index (χ1v) is 8.74. The molecular formula is C25H27N. The highest BCUT2D eigenvalue weighted by Crippen LogP contribution is 2.46. The van der Waals surface area contributed by atoms with E-state index in [1.165, 1.54) is 0 Å². The van der Waals surface area contributed by atoms with Crippen LogP contribution in [0.3, 0.4) is 0 Å². The maximum Gasteiger partial charge on any atom is 0.0845 e. The van der Waals surface area contributed by atoms with E-state index in [1.807, 2.05) is 30.4 Å². The van der Waals surface area contributed by atoms with Crippen LogP contribution in [0.4, 0.5) is 0 Å². The van der Waals surface area contributed by atoms with Gasteiger partial charge in [0.15, 0.2) is 0 Å². The highest BCUT2D eigenvalue weighted by molar-refractivity contribution is 5.63. The topological polar surface area (TPSA) is 12.0 Å². The van der Waals surface area contributed by atoms with Crippen molar-refractivity contribution in [3.63, 3.8) is 0 Å². The largest absolute Gasteiger partial charge is 0.384 e. The molecule has 1 atom stereocenters. The fourth-order valence-corrected chi connectivity index (χ4v) is 3.42. The van der Waals surface area contributed by atoms with Gasteiger partial charge in [-0.2, -0.15) is 0 Å². The van der Waals surface area contributed by atoms with Gasteiger partial charge >= 0.3 is 0 Å². The number of nitrogens with one attached hydrogen (secondary N) is 1. The van der Waals surface area contributed by atoms with Gasteiger partial charge in [-0.1, -0.05) is 99.2 Å². The Morgan fingerprint density at radius 1 is 1.12 bits per heavy atom. The van der Waals surface area contributed by atoms with Crippen molar-refractivity contribution in [3.05, 3.63) is 133 Å². The molecule has 1 aliphatic heterocycles. The van der Waals surface area contributed by atoms with Gasteiger partial charge in [-0.3, -0.25) is 0 Å². The third kappa shape index (κ3) is 3.48. The van der Waals surface area contributed by atoms with Crippen LogP contribution in [0.25, 0.3) is 0 Å².